The van der Waals surface area contributed by atoms with Gasteiger partial charge in [0.05, 0.1) is 12.2 Å². The summed E-state index contributed by atoms with van der Waals surface area (Å²) in [6.07, 6.45) is 3.98. The van der Waals surface area contributed by atoms with Crippen LogP contribution in [0, 0.1) is 11.8 Å². The zero-order valence-electron chi connectivity index (χ0n) is 14.8. The maximum atomic E-state index is 6.17. The van der Waals surface area contributed by atoms with Crippen LogP contribution in [0.4, 0.5) is 0 Å². The van der Waals surface area contributed by atoms with Gasteiger partial charge in [-0.1, -0.05) is 27.7 Å². The Morgan fingerprint density at radius 2 is 1.35 bits per heavy atom. The van der Waals surface area contributed by atoms with Crippen molar-refractivity contribution in [2.75, 3.05) is 13.2 Å². The first-order valence-electron chi connectivity index (χ1n) is 8.11. The third-order valence-corrected chi connectivity index (χ3v) is 3.54. The lowest BCUT2D eigenvalue weighted by Crippen LogP contribution is -2.41. The molecule has 0 saturated carbocycles. The van der Waals surface area contributed by atoms with E-state index in [0.29, 0.717) is 18.4 Å². The Morgan fingerprint density at radius 1 is 0.800 bits per heavy atom. The van der Waals surface area contributed by atoms with E-state index in [1.807, 2.05) is 6.92 Å². The smallest absolute Gasteiger partial charge is 0.113 e. The second kappa shape index (κ2) is 9.01. The normalized spacial score (nSPS) is 15.9. The third kappa shape index (κ3) is 11.7. The van der Waals surface area contributed by atoms with Gasteiger partial charge in [-0.2, -0.15) is 0 Å². The molecule has 1 unspecified atom stereocenters. The molecule has 0 saturated heterocycles. The van der Waals surface area contributed by atoms with Gasteiger partial charge in [0, 0.05) is 6.61 Å². The Hall–Kier alpha value is -0.120. The second-order valence-electron chi connectivity index (χ2n) is 7.63. The highest BCUT2D eigenvalue weighted by atomic mass is 16.5. The van der Waals surface area contributed by atoms with Gasteiger partial charge in [-0.15, -0.1) is 0 Å². The van der Waals surface area contributed by atoms with Crippen molar-refractivity contribution in [3.05, 3.63) is 0 Å². The molecule has 0 fully saturated rings. The number of nitrogens with two attached hydrogens (primary N) is 1. The van der Waals surface area contributed by atoms with E-state index in [1.165, 1.54) is 0 Å². The first-order chi connectivity index (χ1) is 9.04. The number of hydrogen-bond acceptors (Lipinski definition) is 3. The number of hydrogen-bond donors (Lipinski definition) is 1. The van der Waals surface area contributed by atoms with E-state index in [2.05, 4.69) is 41.5 Å². The molecule has 3 nitrogen and oxygen atoms in total. The zero-order chi connectivity index (χ0) is 15.8. The minimum absolute atomic E-state index is 0.136. The molecule has 3 heteroatoms. The molecule has 0 rings (SSSR count). The van der Waals surface area contributed by atoms with Crippen LogP contribution in [-0.2, 0) is 9.47 Å². The van der Waals surface area contributed by atoms with E-state index in [9.17, 15) is 0 Å². The number of ether oxygens (including phenoxy) is 2. The summed E-state index contributed by atoms with van der Waals surface area (Å²) in [4.78, 5) is 0. The molecule has 2 N–H and O–H groups in total. The summed E-state index contributed by atoms with van der Waals surface area (Å²) in [5.74, 6) is 1.35. The summed E-state index contributed by atoms with van der Waals surface area (Å²) in [6.45, 7) is 16.5. The first-order valence-corrected chi connectivity index (χ1v) is 8.11. The summed E-state index contributed by atoms with van der Waals surface area (Å²) in [6, 6.07) is 0. The maximum Gasteiger partial charge on any atom is 0.113 e. The van der Waals surface area contributed by atoms with Gasteiger partial charge in [0.25, 0.3) is 0 Å². The van der Waals surface area contributed by atoms with E-state index in [1.54, 1.807) is 0 Å². The van der Waals surface area contributed by atoms with Crippen molar-refractivity contribution < 1.29 is 9.47 Å². The molecule has 0 aromatic carbocycles. The maximum absolute atomic E-state index is 6.17. The molecule has 0 radical (unpaired) electrons. The van der Waals surface area contributed by atoms with Crippen molar-refractivity contribution in [2.45, 2.75) is 85.5 Å². The largest absolute Gasteiger partial charge is 0.375 e. The molecule has 20 heavy (non-hydrogen) atoms. The Bertz CT molecular complexity index is 247. The van der Waals surface area contributed by atoms with Crippen LogP contribution in [0.2, 0.25) is 0 Å². The van der Waals surface area contributed by atoms with Gasteiger partial charge in [-0.3, -0.25) is 0 Å². The van der Waals surface area contributed by atoms with Crippen molar-refractivity contribution in [2.24, 2.45) is 17.6 Å². The minimum Gasteiger partial charge on any atom is -0.375 e. The molecule has 0 aromatic rings. The highest BCUT2D eigenvalue weighted by Gasteiger charge is 2.23. The van der Waals surface area contributed by atoms with E-state index in [0.717, 1.165) is 32.3 Å². The fraction of sp³-hybridized carbons (Fsp3) is 1.00. The fourth-order valence-electron chi connectivity index (χ4n) is 1.82. The van der Waals surface area contributed by atoms with Crippen LogP contribution in [0.1, 0.15) is 74.1 Å². The molecule has 0 heterocycles. The average Bonchev–Trinajstić information content (AvgIpc) is 2.25. The summed E-state index contributed by atoms with van der Waals surface area (Å²) in [5, 5.41) is 0. The van der Waals surface area contributed by atoms with Gasteiger partial charge in [0.15, 0.2) is 0 Å². The van der Waals surface area contributed by atoms with E-state index in [-0.39, 0.29) is 5.60 Å². The van der Waals surface area contributed by atoms with Crippen LogP contribution < -0.4 is 5.73 Å². The summed E-state index contributed by atoms with van der Waals surface area (Å²) >= 11 is 0. The van der Waals surface area contributed by atoms with Crippen molar-refractivity contribution in [3.63, 3.8) is 0 Å². The van der Waals surface area contributed by atoms with E-state index in [4.69, 9.17) is 15.2 Å². The fourth-order valence-corrected chi connectivity index (χ4v) is 1.82. The molecule has 122 valence electrons. The van der Waals surface area contributed by atoms with E-state index < -0.39 is 5.72 Å². The van der Waals surface area contributed by atoms with Gasteiger partial charge >= 0.3 is 0 Å². The molecular weight excluding hydrogens is 250 g/mol. The van der Waals surface area contributed by atoms with Gasteiger partial charge in [0.2, 0.25) is 0 Å². The van der Waals surface area contributed by atoms with Gasteiger partial charge in [-0.25, -0.2) is 0 Å². The molecule has 0 aliphatic heterocycles. The molecular formula is C17H37NO2. The average molecular weight is 287 g/mol. The molecule has 0 bridgehead atoms. The predicted molar refractivity (Wildman–Crippen MR) is 86.7 cm³/mol. The highest BCUT2D eigenvalue weighted by Crippen LogP contribution is 2.20. The Kier molecular flexibility index (Phi) is 8.96. The highest BCUT2D eigenvalue weighted by molar-refractivity contribution is 4.72. The monoisotopic (exact) mass is 287 g/mol. The van der Waals surface area contributed by atoms with Gasteiger partial charge < -0.3 is 15.2 Å². The molecule has 0 aromatic heterocycles. The SMILES string of the molecule is CC(C)CCOC(C)(C)CCOC(C)(N)CCC(C)C. The lowest BCUT2D eigenvalue weighted by atomic mass is 10.0. The van der Waals surface area contributed by atoms with Crippen molar-refractivity contribution in [1.29, 1.82) is 0 Å². The van der Waals surface area contributed by atoms with Gasteiger partial charge in [0.1, 0.15) is 5.72 Å². The first kappa shape index (κ1) is 19.9. The quantitative estimate of drug-likeness (QED) is 0.575. The number of rotatable bonds is 11. The summed E-state index contributed by atoms with van der Waals surface area (Å²) in [7, 11) is 0. The van der Waals surface area contributed by atoms with Crippen LogP contribution in [0.25, 0.3) is 0 Å². The molecule has 0 aliphatic rings. The van der Waals surface area contributed by atoms with Crippen LogP contribution in [0.15, 0.2) is 0 Å². The zero-order valence-corrected chi connectivity index (χ0v) is 14.8. The Labute approximate surface area is 126 Å². The third-order valence-electron chi connectivity index (χ3n) is 3.54. The van der Waals surface area contributed by atoms with Crippen LogP contribution in [-0.4, -0.2) is 24.5 Å². The summed E-state index contributed by atoms with van der Waals surface area (Å²) < 4.78 is 11.8. The van der Waals surface area contributed by atoms with Crippen molar-refractivity contribution in [1.82, 2.24) is 0 Å². The minimum atomic E-state index is -0.516. The van der Waals surface area contributed by atoms with Crippen molar-refractivity contribution in [3.8, 4) is 0 Å². The van der Waals surface area contributed by atoms with Crippen LogP contribution in [0.3, 0.4) is 0 Å². The van der Waals surface area contributed by atoms with Crippen LogP contribution in [0.5, 0.6) is 0 Å². The molecule has 0 aliphatic carbocycles. The second-order valence-corrected chi connectivity index (χ2v) is 7.63. The van der Waals surface area contributed by atoms with E-state index >= 15 is 0 Å². The molecule has 1 atom stereocenters. The summed E-state index contributed by atoms with van der Waals surface area (Å²) in [5.41, 5.74) is 5.52. The van der Waals surface area contributed by atoms with Crippen molar-refractivity contribution >= 4 is 0 Å². The Morgan fingerprint density at radius 3 is 1.85 bits per heavy atom. The molecule has 0 spiro atoms. The lowest BCUT2D eigenvalue weighted by Gasteiger charge is -2.30. The predicted octanol–water partition coefficient (Wildman–Crippen LogP) is 4.35. The Balaban J connectivity index is 3.89. The van der Waals surface area contributed by atoms with Gasteiger partial charge in [-0.05, 0) is 58.3 Å². The molecule has 0 amide bonds. The van der Waals surface area contributed by atoms with Crippen LogP contribution >= 0.6 is 0 Å². The topological polar surface area (TPSA) is 44.5 Å². The standard InChI is InChI=1S/C17H37NO2/c1-14(2)8-10-17(7,18)20-13-11-16(5,6)19-12-9-15(3)4/h14-15H,8-13,18H2,1-7H3. The lowest BCUT2D eigenvalue weighted by molar-refractivity contribution is -0.0814.